The van der Waals surface area contributed by atoms with Crippen molar-refractivity contribution in [1.82, 2.24) is 4.90 Å². The average Bonchev–Trinajstić information content (AvgIpc) is 2.89. The molecule has 0 fully saturated rings. The second-order valence-corrected chi connectivity index (χ2v) is 7.37. The molecule has 0 saturated heterocycles. The van der Waals surface area contributed by atoms with Crippen molar-refractivity contribution in [1.29, 1.82) is 0 Å². The van der Waals surface area contributed by atoms with Gasteiger partial charge in [-0.3, -0.25) is 9.59 Å². The van der Waals surface area contributed by atoms with E-state index in [1.165, 1.54) is 4.90 Å². The predicted octanol–water partition coefficient (Wildman–Crippen LogP) is 3.68. The second-order valence-electron chi connectivity index (χ2n) is 6.93. The summed E-state index contributed by atoms with van der Waals surface area (Å²) in [5.41, 5.74) is 2.20. The first kappa shape index (κ1) is 17.8. The van der Waals surface area contributed by atoms with E-state index in [0.717, 1.165) is 11.1 Å². The van der Waals surface area contributed by atoms with Crippen LogP contribution in [0.2, 0.25) is 5.02 Å². The molecule has 1 amide bonds. The number of halogens is 1. The van der Waals surface area contributed by atoms with Crippen LogP contribution in [0.4, 0.5) is 0 Å². The first-order valence-electron chi connectivity index (χ1n) is 8.68. The van der Waals surface area contributed by atoms with E-state index >= 15 is 0 Å². The van der Waals surface area contributed by atoms with Gasteiger partial charge >= 0.3 is 0 Å². The van der Waals surface area contributed by atoms with E-state index in [1.54, 1.807) is 25.1 Å². The zero-order chi connectivity index (χ0) is 19.3. The summed E-state index contributed by atoms with van der Waals surface area (Å²) in [6.45, 7) is 3.67. The van der Waals surface area contributed by atoms with E-state index < -0.39 is 18.1 Å². The molecule has 2 heterocycles. The van der Waals surface area contributed by atoms with E-state index in [1.807, 2.05) is 31.2 Å². The lowest BCUT2D eigenvalue weighted by Crippen LogP contribution is -2.35. The highest BCUT2D eigenvalue weighted by atomic mass is 35.5. The van der Waals surface area contributed by atoms with Crippen LogP contribution in [0, 0.1) is 6.92 Å². The molecule has 0 radical (unpaired) electrons. The van der Waals surface area contributed by atoms with Crippen LogP contribution < -0.4 is 5.43 Å². The Bertz CT molecular complexity index is 1100. The predicted molar refractivity (Wildman–Crippen MR) is 103 cm³/mol. The number of hydrogen-bond acceptors (Lipinski definition) is 4. The van der Waals surface area contributed by atoms with Gasteiger partial charge in [0, 0.05) is 11.6 Å². The first-order chi connectivity index (χ1) is 12.9. The van der Waals surface area contributed by atoms with Crippen molar-refractivity contribution in [3.63, 3.8) is 0 Å². The van der Waals surface area contributed by atoms with Crippen molar-refractivity contribution in [3.05, 3.63) is 80.2 Å². The molecule has 0 aliphatic carbocycles. The van der Waals surface area contributed by atoms with Gasteiger partial charge in [-0.15, -0.1) is 0 Å². The van der Waals surface area contributed by atoms with Crippen molar-refractivity contribution >= 4 is 28.5 Å². The number of aryl methyl sites for hydroxylation is 1. The van der Waals surface area contributed by atoms with Gasteiger partial charge in [0.25, 0.3) is 5.91 Å². The van der Waals surface area contributed by atoms with Crippen LogP contribution in [-0.4, -0.2) is 28.6 Å². The Morgan fingerprint density at radius 2 is 1.89 bits per heavy atom. The molecule has 27 heavy (non-hydrogen) atoms. The Kier molecular flexibility index (Phi) is 4.29. The summed E-state index contributed by atoms with van der Waals surface area (Å²) in [5, 5.41) is 10.7. The number of aliphatic hydroxyl groups excluding tert-OH is 1. The average molecular weight is 384 g/mol. The molecule has 6 heteroatoms. The van der Waals surface area contributed by atoms with Crippen LogP contribution in [-0.2, 0) is 0 Å². The molecule has 138 valence electrons. The molecule has 1 aliphatic heterocycles. The van der Waals surface area contributed by atoms with Gasteiger partial charge < -0.3 is 14.4 Å². The third-order valence-electron chi connectivity index (χ3n) is 4.78. The van der Waals surface area contributed by atoms with Crippen molar-refractivity contribution in [2.24, 2.45) is 0 Å². The highest BCUT2D eigenvalue weighted by Crippen LogP contribution is 2.38. The Morgan fingerprint density at radius 1 is 1.19 bits per heavy atom. The number of nitrogens with zero attached hydrogens (tertiary/aromatic N) is 1. The van der Waals surface area contributed by atoms with Gasteiger partial charge in [-0.25, -0.2) is 0 Å². The molecule has 5 nitrogen and oxygen atoms in total. The Balaban J connectivity index is 2.00. The van der Waals surface area contributed by atoms with Crippen molar-refractivity contribution in [2.75, 3.05) is 6.54 Å². The lowest BCUT2D eigenvalue weighted by atomic mass is 9.97. The van der Waals surface area contributed by atoms with E-state index in [4.69, 9.17) is 16.0 Å². The molecule has 0 saturated carbocycles. The molecule has 1 aliphatic rings. The number of benzene rings is 2. The van der Waals surface area contributed by atoms with Gasteiger partial charge in [-0.2, -0.15) is 0 Å². The summed E-state index contributed by atoms with van der Waals surface area (Å²) >= 11 is 6.05. The van der Waals surface area contributed by atoms with Crippen LogP contribution in [0.1, 0.15) is 40.2 Å². The smallest absolute Gasteiger partial charge is 0.290 e. The minimum absolute atomic E-state index is 0.0287. The summed E-state index contributed by atoms with van der Waals surface area (Å²) in [6, 6.07) is 11.8. The number of fused-ring (bicyclic) bond motifs is 2. The Morgan fingerprint density at radius 3 is 2.56 bits per heavy atom. The fourth-order valence-electron chi connectivity index (χ4n) is 3.56. The maximum atomic E-state index is 13.2. The molecular formula is C21H18ClNO4. The molecule has 1 N–H and O–H groups in total. The van der Waals surface area contributed by atoms with Crippen molar-refractivity contribution < 1.29 is 14.3 Å². The minimum atomic E-state index is -0.741. The number of hydrogen-bond donors (Lipinski definition) is 1. The SMILES string of the molecule is Cc1ccc(C2c3c(oc4ccc(Cl)cc4c3=O)C(=O)N2CC(C)O)cc1. The number of amides is 1. The highest BCUT2D eigenvalue weighted by molar-refractivity contribution is 6.31. The van der Waals surface area contributed by atoms with Crippen LogP contribution in [0.5, 0.6) is 0 Å². The van der Waals surface area contributed by atoms with Gasteiger partial charge in [-0.05, 0) is 37.6 Å². The number of carbonyl (C=O) groups excluding carboxylic acids is 1. The number of carbonyl (C=O) groups is 1. The maximum Gasteiger partial charge on any atom is 0.290 e. The van der Waals surface area contributed by atoms with E-state index in [9.17, 15) is 14.7 Å². The number of rotatable bonds is 3. The topological polar surface area (TPSA) is 70.8 Å². The quantitative estimate of drug-likeness (QED) is 0.749. The summed E-state index contributed by atoms with van der Waals surface area (Å²) < 4.78 is 5.81. The summed E-state index contributed by atoms with van der Waals surface area (Å²) in [7, 11) is 0. The van der Waals surface area contributed by atoms with E-state index in [2.05, 4.69) is 0 Å². The zero-order valence-electron chi connectivity index (χ0n) is 14.9. The van der Waals surface area contributed by atoms with Crippen LogP contribution in [0.3, 0.4) is 0 Å². The molecule has 0 spiro atoms. The molecule has 1 aromatic heterocycles. The van der Waals surface area contributed by atoms with Crippen LogP contribution in [0.15, 0.2) is 51.7 Å². The standard InChI is InChI=1S/C21H18ClNO4/c1-11-3-5-13(6-4-11)18-17-19(25)15-9-14(22)7-8-16(15)27-20(17)21(26)23(18)10-12(2)24/h3-9,12,18,24H,10H2,1-2H3. The monoisotopic (exact) mass is 383 g/mol. The van der Waals surface area contributed by atoms with Gasteiger partial charge in [0.2, 0.25) is 5.76 Å². The van der Waals surface area contributed by atoms with E-state index in [-0.39, 0.29) is 17.7 Å². The van der Waals surface area contributed by atoms with Crippen LogP contribution in [0.25, 0.3) is 11.0 Å². The largest absolute Gasteiger partial charge is 0.450 e. The second kappa shape index (κ2) is 6.51. The zero-order valence-corrected chi connectivity index (χ0v) is 15.7. The highest BCUT2D eigenvalue weighted by Gasteiger charge is 2.42. The van der Waals surface area contributed by atoms with Gasteiger partial charge in [-0.1, -0.05) is 41.4 Å². The number of β-amino-alcohol motifs (C(OH)–C–C–N with tert-alkyl or cyclic N) is 1. The molecule has 2 aromatic carbocycles. The van der Waals surface area contributed by atoms with Crippen LogP contribution >= 0.6 is 11.6 Å². The van der Waals surface area contributed by atoms with Crippen molar-refractivity contribution in [3.8, 4) is 0 Å². The Labute approximate surface area is 160 Å². The molecule has 2 atom stereocenters. The molecule has 0 bridgehead atoms. The third-order valence-corrected chi connectivity index (χ3v) is 5.02. The lowest BCUT2D eigenvalue weighted by Gasteiger charge is -2.26. The maximum absolute atomic E-state index is 13.2. The summed E-state index contributed by atoms with van der Waals surface area (Å²) in [5.74, 6) is -0.369. The molecule has 2 unspecified atom stereocenters. The molecule has 3 aromatic rings. The minimum Gasteiger partial charge on any atom is -0.450 e. The summed E-state index contributed by atoms with van der Waals surface area (Å²) in [4.78, 5) is 27.7. The van der Waals surface area contributed by atoms with Gasteiger partial charge in [0.1, 0.15) is 5.58 Å². The fourth-order valence-corrected chi connectivity index (χ4v) is 3.73. The summed E-state index contributed by atoms with van der Waals surface area (Å²) in [6.07, 6.45) is -0.741. The lowest BCUT2D eigenvalue weighted by molar-refractivity contribution is 0.0611. The third kappa shape index (κ3) is 2.93. The van der Waals surface area contributed by atoms with Gasteiger partial charge in [0.15, 0.2) is 5.43 Å². The fraction of sp³-hybridized carbons (Fsp3) is 0.238. The molecule has 4 rings (SSSR count). The van der Waals surface area contributed by atoms with Gasteiger partial charge in [0.05, 0.1) is 23.1 Å². The molecular weight excluding hydrogens is 366 g/mol. The van der Waals surface area contributed by atoms with Crippen molar-refractivity contribution in [2.45, 2.75) is 26.0 Å². The normalized spacial score (nSPS) is 17.4. The Hall–Kier alpha value is -2.63. The number of aliphatic hydroxyl groups is 1. The van der Waals surface area contributed by atoms with E-state index in [0.29, 0.717) is 21.6 Å². The first-order valence-corrected chi connectivity index (χ1v) is 9.06.